The van der Waals surface area contributed by atoms with Gasteiger partial charge in [-0.1, -0.05) is 0 Å². The predicted octanol–water partition coefficient (Wildman–Crippen LogP) is -0.284. The zero-order valence-corrected chi connectivity index (χ0v) is 6.28. The van der Waals surface area contributed by atoms with Crippen molar-refractivity contribution in [2.75, 3.05) is 13.2 Å². The van der Waals surface area contributed by atoms with Crippen LogP contribution >= 0.6 is 0 Å². The molecular formula is C7H10O4. The maximum absolute atomic E-state index is 10.6. The van der Waals surface area contributed by atoms with Gasteiger partial charge in [0.1, 0.15) is 12.2 Å². The fourth-order valence-electron chi connectivity index (χ4n) is 1.07. The number of carbonyl (C=O) groups is 1. The zero-order valence-electron chi connectivity index (χ0n) is 6.28. The summed E-state index contributed by atoms with van der Waals surface area (Å²) in [5.74, 6) is -0.263. The Morgan fingerprint density at radius 2 is 1.91 bits per heavy atom. The molecule has 0 spiro atoms. The molecule has 0 aromatic rings. The Balaban J connectivity index is 1.86. The average Bonchev–Trinajstić information content (AvgIpc) is 2.79. The van der Waals surface area contributed by atoms with Crippen molar-refractivity contribution in [3.63, 3.8) is 0 Å². The Kier molecular flexibility index (Phi) is 1.58. The number of epoxide rings is 2. The van der Waals surface area contributed by atoms with Crippen LogP contribution < -0.4 is 0 Å². The summed E-state index contributed by atoms with van der Waals surface area (Å²) in [7, 11) is 0. The number of hydrogen-bond acceptors (Lipinski definition) is 4. The van der Waals surface area contributed by atoms with E-state index in [0.717, 1.165) is 0 Å². The van der Waals surface area contributed by atoms with Gasteiger partial charge in [0.25, 0.3) is 0 Å². The average molecular weight is 158 g/mol. The maximum Gasteiger partial charge on any atom is 0.303 e. The molecule has 0 aliphatic carbocycles. The fourth-order valence-corrected chi connectivity index (χ4v) is 1.07. The third kappa shape index (κ3) is 1.70. The predicted molar refractivity (Wildman–Crippen MR) is 35.0 cm³/mol. The van der Waals surface area contributed by atoms with Crippen LogP contribution in [0.15, 0.2) is 0 Å². The molecule has 0 N–H and O–H groups in total. The normalized spacial score (nSPS) is 36.1. The summed E-state index contributed by atoms with van der Waals surface area (Å²) in [6.07, 6.45) is 0.0188. The van der Waals surface area contributed by atoms with E-state index >= 15 is 0 Å². The summed E-state index contributed by atoms with van der Waals surface area (Å²) in [5.41, 5.74) is 0. The molecule has 3 atom stereocenters. The molecule has 0 bridgehead atoms. The Bertz CT molecular complexity index is 159. The third-order valence-corrected chi connectivity index (χ3v) is 1.75. The first kappa shape index (κ1) is 7.06. The van der Waals surface area contributed by atoms with Crippen LogP contribution in [0.4, 0.5) is 0 Å². The number of carbonyl (C=O) groups excluding carboxylic acids is 1. The minimum atomic E-state index is -0.263. The molecule has 1 unspecified atom stereocenters. The molecule has 0 amide bonds. The van der Waals surface area contributed by atoms with Gasteiger partial charge >= 0.3 is 5.97 Å². The molecule has 2 heterocycles. The highest BCUT2D eigenvalue weighted by Gasteiger charge is 2.46. The molecule has 0 aromatic heterocycles. The second-order valence-corrected chi connectivity index (χ2v) is 2.82. The molecule has 2 rings (SSSR count). The van der Waals surface area contributed by atoms with E-state index in [4.69, 9.17) is 14.2 Å². The van der Waals surface area contributed by atoms with Crippen LogP contribution in [0.5, 0.6) is 0 Å². The van der Waals surface area contributed by atoms with Crippen LogP contribution in [0.2, 0.25) is 0 Å². The molecule has 0 radical (unpaired) electrons. The first-order chi connectivity index (χ1) is 5.27. The van der Waals surface area contributed by atoms with Gasteiger partial charge in [0.15, 0.2) is 6.10 Å². The summed E-state index contributed by atoms with van der Waals surface area (Å²) in [6, 6.07) is 0. The lowest BCUT2D eigenvalue weighted by Gasteiger charge is -2.10. The SMILES string of the molecule is CC(=O)OC([C@@H]1CO1)[C@H]1CO1. The molecule has 62 valence electrons. The summed E-state index contributed by atoms with van der Waals surface area (Å²) >= 11 is 0. The third-order valence-electron chi connectivity index (χ3n) is 1.75. The van der Waals surface area contributed by atoms with Gasteiger partial charge in [-0.2, -0.15) is 0 Å². The summed E-state index contributed by atoms with van der Waals surface area (Å²) in [6.45, 7) is 2.79. The van der Waals surface area contributed by atoms with Gasteiger partial charge < -0.3 is 14.2 Å². The Hall–Kier alpha value is -0.610. The molecule has 2 saturated heterocycles. The minimum Gasteiger partial charge on any atom is -0.457 e. The maximum atomic E-state index is 10.6. The standard InChI is InChI=1S/C7H10O4/c1-4(8)11-7(5-2-9-5)6-3-10-6/h5-7H,2-3H2,1H3/t5-,6+,7?. The minimum absolute atomic E-state index is 0.0893. The van der Waals surface area contributed by atoms with E-state index in [9.17, 15) is 4.79 Å². The summed E-state index contributed by atoms with van der Waals surface area (Å²) < 4.78 is 15.0. The van der Waals surface area contributed by atoms with Crippen molar-refractivity contribution in [2.45, 2.75) is 25.2 Å². The fraction of sp³-hybridized carbons (Fsp3) is 0.857. The van der Waals surface area contributed by atoms with E-state index in [1.54, 1.807) is 0 Å². The van der Waals surface area contributed by atoms with Crippen LogP contribution in [-0.2, 0) is 19.0 Å². The van der Waals surface area contributed by atoms with Crippen LogP contribution in [0, 0.1) is 0 Å². The highest BCUT2D eigenvalue weighted by molar-refractivity contribution is 5.66. The molecule has 2 aliphatic rings. The second-order valence-electron chi connectivity index (χ2n) is 2.82. The van der Waals surface area contributed by atoms with Gasteiger partial charge in [-0.3, -0.25) is 4.79 Å². The highest BCUT2D eigenvalue weighted by atomic mass is 16.7. The van der Waals surface area contributed by atoms with Crippen molar-refractivity contribution in [2.24, 2.45) is 0 Å². The van der Waals surface area contributed by atoms with Crippen LogP contribution in [0.1, 0.15) is 6.92 Å². The molecule has 11 heavy (non-hydrogen) atoms. The van der Waals surface area contributed by atoms with Gasteiger partial charge in [0.2, 0.25) is 0 Å². The topological polar surface area (TPSA) is 51.4 Å². The lowest BCUT2D eigenvalue weighted by molar-refractivity contribution is -0.148. The van der Waals surface area contributed by atoms with Crippen molar-refractivity contribution in [1.29, 1.82) is 0 Å². The first-order valence-electron chi connectivity index (χ1n) is 3.68. The van der Waals surface area contributed by atoms with E-state index in [0.29, 0.717) is 13.2 Å². The van der Waals surface area contributed by atoms with E-state index in [2.05, 4.69) is 0 Å². The van der Waals surface area contributed by atoms with Gasteiger partial charge in [-0.05, 0) is 0 Å². The van der Waals surface area contributed by atoms with Gasteiger partial charge in [0.05, 0.1) is 13.2 Å². The van der Waals surface area contributed by atoms with E-state index in [1.807, 2.05) is 0 Å². The number of rotatable bonds is 3. The molecule has 2 aliphatic heterocycles. The Labute approximate surface area is 64.4 Å². The van der Waals surface area contributed by atoms with Gasteiger partial charge in [0, 0.05) is 6.92 Å². The van der Waals surface area contributed by atoms with Crippen molar-refractivity contribution in [3.8, 4) is 0 Å². The molecule has 4 nitrogen and oxygen atoms in total. The monoisotopic (exact) mass is 158 g/mol. The van der Waals surface area contributed by atoms with Gasteiger partial charge in [-0.25, -0.2) is 0 Å². The molecule has 2 fully saturated rings. The zero-order chi connectivity index (χ0) is 7.84. The highest BCUT2D eigenvalue weighted by Crippen LogP contribution is 2.27. The quantitative estimate of drug-likeness (QED) is 0.418. The number of hydrogen-bond donors (Lipinski definition) is 0. The summed E-state index contributed by atoms with van der Waals surface area (Å²) in [5, 5.41) is 0. The van der Waals surface area contributed by atoms with Crippen molar-refractivity contribution in [1.82, 2.24) is 0 Å². The van der Waals surface area contributed by atoms with Crippen LogP contribution in [0.25, 0.3) is 0 Å². The summed E-state index contributed by atoms with van der Waals surface area (Å²) in [4.78, 5) is 10.6. The van der Waals surface area contributed by atoms with E-state index < -0.39 is 0 Å². The Morgan fingerprint density at radius 1 is 1.45 bits per heavy atom. The molecule has 0 aromatic carbocycles. The second kappa shape index (κ2) is 2.46. The molecule has 4 heteroatoms. The Morgan fingerprint density at radius 3 is 2.18 bits per heavy atom. The van der Waals surface area contributed by atoms with Crippen molar-refractivity contribution >= 4 is 5.97 Å². The van der Waals surface area contributed by atoms with Crippen molar-refractivity contribution in [3.05, 3.63) is 0 Å². The van der Waals surface area contributed by atoms with Gasteiger partial charge in [-0.15, -0.1) is 0 Å². The smallest absolute Gasteiger partial charge is 0.303 e. The van der Waals surface area contributed by atoms with E-state index in [-0.39, 0.29) is 24.3 Å². The molecular weight excluding hydrogens is 148 g/mol. The molecule has 0 saturated carbocycles. The van der Waals surface area contributed by atoms with Crippen molar-refractivity contribution < 1.29 is 19.0 Å². The largest absolute Gasteiger partial charge is 0.457 e. The number of ether oxygens (including phenoxy) is 3. The van der Waals surface area contributed by atoms with Crippen LogP contribution in [0.3, 0.4) is 0 Å². The van der Waals surface area contributed by atoms with Crippen LogP contribution in [-0.4, -0.2) is 37.5 Å². The lowest BCUT2D eigenvalue weighted by Crippen LogP contribution is -2.28. The number of esters is 1. The van der Waals surface area contributed by atoms with E-state index in [1.165, 1.54) is 6.92 Å². The lowest BCUT2D eigenvalue weighted by atomic mass is 10.2. The first-order valence-corrected chi connectivity index (χ1v) is 3.68.